The van der Waals surface area contributed by atoms with Crippen LogP contribution in [0.15, 0.2) is 18.2 Å². The quantitative estimate of drug-likeness (QED) is 0.0224. The average Bonchev–Trinajstić information content (AvgIpc) is 3.64. The number of hydrogen-bond acceptors (Lipinski definition) is 10. The minimum absolute atomic E-state index is 0.159. The summed E-state index contributed by atoms with van der Waals surface area (Å²) in [6.45, 7) is 21.3. The number of ether oxygens (including phenoxy) is 4. The second kappa shape index (κ2) is 29.3. The fraction of sp³-hybridized carbons (Fsp3) is 0.860. The molecule has 1 aromatic carbocycles. The maximum atomic E-state index is 13.2. The standard InChI is InChI=1S/C50H79F9N3O6PS2/c1-36(2)62(37(3)4)69(67-30-23-60-7)68-35-38(5)14-9-10-24-61(8)25-11-32-70-71-33-31-63-26-12-27-64-40-16-18-41-39(34-40)15-17-43-42(41)21-22-46(6)44(43)19-20-45(46)65-28-13-29-66-47(48(51,52)53,49(54,55)56)50(57,58)59/h16,18,34,36-38,42-45H,9-15,17,19-33,35H2,1-6,8H3/t38?,42-,43-,44+,45+,46+,69?/m1/s1/i5D. The van der Waals surface area contributed by atoms with Gasteiger partial charge in [-0.2, -0.15) is 39.5 Å². The molecule has 1 aromatic rings. The summed E-state index contributed by atoms with van der Waals surface area (Å²) >= 11 is 0. The molecule has 0 bridgehead atoms. The van der Waals surface area contributed by atoms with E-state index in [2.05, 4.69) is 73.0 Å². The summed E-state index contributed by atoms with van der Waals surface area (Å²) in [4.78, 5) is 5.79. The molecule has 0 aromatic heterocycles. The van der Waals surface area contributed by atoms with Crippen LogP contribution in [0.4, 0.5) is 39.5 Å². The van der Waals surface area contributed by atoms with Crippen LogP contribution < -0.4 is 4.74 Å². The first-order chi connectivity index (χ1) is 34.0. The second-order valence-electron chi connectivity index (χ2n) is 19.9. The van der Waals surface area contributed by atoms with Crippen molar-refractivity contribution < 1.29 is 68.9 Å². The first kappa shape index (κ1) is 60.6. The maximum absolute atomic E-state index is 13.2. The number of unbranched alkanes of at least 4 members (excludes halogenated alkanes) is 1. The molecule has 410 valence electrons. The van der Waals surface area contributed by atoms with E-state index in [1.165, 1.54) is 11.1 Å². The van der Waals surface area contributed by atoms with Crippen LogP contribution in [0.3, 0.4) is 0 Å². The van der Waals surface area contributed by atoms with Gasteiger partial charge in [0, 0.05) is 44.6 Å². The maximum Gasteiger partial charge on any atom is 0.435 e. The number of aryl methyl sites for hydroxylation is 1. The molecule has 0 heterocycles. The van der Waals surface area contributed by atoms with Gasteiger partial charge in [0.15, 0.2) is 0 Å². The van der Waals surface area contributed by atoms with Crippen molar-refractivity contribution in [1.82, 2.24) is 9.57 Å². The van der Waals surface area contributed by atoms with Crippen LogP contribution in [0.5, 0.6) is 5.75 Å². The molecule has 0 saturated heterocycles. The summed E-state index contributed by atoms with van der Waals surface area (Å²) in [6.07, 6.45) is -11.1. The van der Waals surface area contributed by atoms with Crippen LogP contribution >= 0.6 is 30.1 Å². The molecular formula is C50H79F9N3O6PS2. The smallest absolute Gasteiger partial charge is 0.435 e. The second-order valence-corrected chi connectivity index (χ2v) is 24.1. The summed E-state index contributed by atoms with van der Waals surface area (Å²) in [5.74, 6) is 3.99. The molecule has 0 spiro atoms. The zero-order valence-corrected chi connectivity index (χ0v) is 44.9. The molecule has 0 radical (unpaired) electrons. The predicted octanol–water partition coefficient (Wildman–Crippen LogP) is 14.4. The van der Waals surface area contributed by atoms with E-state index in [0.717, 1.165) is 94.6 Å². The Morgan fingerprint density at radius 1 is 0.817 bits per heavy atom. The predicted molar refractivity (Wildman–Crippen MR) is 266 cm³/mol. The lowest BCUT2D eigenvalue weighted by Gasteiger charge is -2.50. The van der Waals surface area contributed by atoms with E-state index in [0.29, 0.717) is 70.7 Å². The molecule has 2 unspecified atom stereocenters. The van der Waals surface area contributed by atoms with Gasteiger partial charge in [-0.25, -0.2) is 11.2 Å². The molecule has 2 fully saturated rings. The Morgan fingerprint density at radius 2 is 1.51 bits per heavy atom. The molecule has 71 heavy (non-hydrogen) atoms. The van der Waals surface area contributed by atoms with Gasteiger partial charge < -0.3 is 37.7 Å². The molecule has 9 nitrogen and oxygen atoms in total. The topological polar surface area (TPSA) is 66.2 Å². The molecule has 21 heteroatoms. The van der Waals surface area contributed by atoms with E-state index in [9.17, 15) is 39.5 Å². The number of rotatable bonds is 33. The first-order valence-electron chi connectivity index (χ1n) is 25.9. The Balaban J connectivity index is 1.03. The molecule has 0 amide bonds. The number of nitrogens with zero attached hydrogens (tertiary/aromatic N) is 3. The van der Waals surface area contributed by atoms with Gasteiger partial charge in [0.25, 0.3) is 8.53 Å². The summed E-state index contributed by atoms with van der Waals surface area (Å²) in [5, 5.41) is 0. The number of benzene rings is 1. The van der Waals surface area contributed by atoms with Gasteiger partial charge in [0.1, 0.15) is 12.4 Å². The lowest BCUT2D eigenvalue weighted by molar-refractivity contribution is -0.457. The monoisotopic (exact) mass is 1080 g/mol. The average molecular weight is 1090 g/mol. The number of halogens is 9. The fourth-order valence-corrected chi connectivity index (χ4v) is 14.3. The number of hydrogen-bond donors (Lipinski definition) is 0. The van der Waals surface area contributed by atoms with Gasteiger partial charge in [-0.15, -0.1) is 0 Å². The van der Waals surface area contributed by atoms with Crippen molar-refractivity contribution in [3.05, 3.63) is 40.7 Å². The lowest BCUT2D eigenvalue weighted by atomic mass is 9.55. The van der Waals surface area contributed by atoms with Crippen molar-refractivity contribution in [2.75, 3.05) is 84.4 Å². The highest BCUT2D eigenvalue weighted by Gasteiger charge is 2.85. The van der Waals surface area contributed by atoms with Crippen LogP contribution in [0, 0.1) is 29.7 Å². The zero-order valence-electron chi connectivity index (χ0n) is 43.4. The van der Waals surface area contributed by atoms with Gasteiger partial charge >= 0.3 is 24.1 Å². The van der Waals surface area contributed by atoms with Crippen LogP contribution in [-0.2, 0) is 29.7 Å². The highest BCUT2D eigenvalue weighted by Crippen LogP contribution is 2.62. The van der Waals surface area contributed by atoms with Crippen molar-refractivity contribution in [2.24, 2.45) is 23.2 Å². The fourth-order valence-electron chi connectivity index (χ4n) is 10.7. The Labute approximate surface area is 428 Å². The highest BCUT2D eigenvalue weighted by atomic mass is 33.1. The molecule has 7 atom stereocenters. The van der Waals surface area contributed by atoms with Crippen LogP contribution in [0.25, 0.3) is 4.85 Å². The van der Waals surface area contributed by atoms with Gasteiger partial charge in [0.2, 0.25) is 6.54 Å². The SMILES string of the molecule is [2H]CC(CCCCN(C)CCCSSCCOCCCOc1ccc2c(c1)CC[C@@H]1[C@@H]2CC[C@]2(C)[C@@H](OCCCOC(C(F)(F)F)(C(F)(F)F)C(F)(F)F)CC[C@@H]12)COP(OCC[N+]#[C-])N(C(C)C)C(C)C. The third kappa shape index (κ3) is 17.6. The van der Waals surface area contributed by atoms with E-state index >= 15 is 0 Å². The third-order valence-electron chi connectivity index (χ3n) is 14.1. The van der Waals surface area contributed by atoms with E-state index in [1.54, 1.807) is 0 Å². The Morgan fingerprint density at radius 3 is 2.18 bits per heavy atom. The minimum atomic E-state index is -6.75. The summed E-state index contributed by atoms with van der Waals surface area (Å²) in [6, 6.07) is 6.82. The van der Waals surface area contributed by atoms with Gasteiger partial charge in [-0.05, 0) is 164 Å². The number of fused-ring (bicyclic) bond motifs is 5. The van der Waals surface area contributed by atoms with E-state index < -0.39 is 45.7 Å². The highest BCUT2D eigenvalue weighted by molar-refractivity contribution is 8.76. The molecule has 4 rings (SSSR count). The first-order valence-corrected chi connectivity index (χ1v) is 28.8. The molecule has 0 aliphatic heterocycles. The van der Waals surface area contributed by atoms with Crippen molar-refractivity contribution >= 4 is 30.1 Å². The Hall–Kier alpha value is -1.27. The van der Waals surface area contributed by atoms with Crippen molar-refractivity contribution in [3.63, 3.8) is 0 Å². The van der Waals surface area contributed by atoms with Crippen molar-refractivity contribution in [2.45, 2.75) is 167 Å². The normalized spacial score (nSPS) is 22.9. The molecule has 3 aliphatic carbocycles. The molecule has 2 saturated carbocycles. The largest absolute Gasteiger partial charge is 0.493 e. The number of alkyl halides is 9. The lowest BCUT2D eigenvalue weighted by Crippen LogP contribution is -2.67. The molecule has 0 N–H and O–H groups in total. The minimum Gasteiger partial charge on any atom is -0.493 e. The van der Waals surface area contributed by atoms with E-state index in [4.69, 9.17) is 31.2 Å². The molecule has 3 aliphatic rings. The molecular weight excluding hydrogens is 1000 g/mol. The summed E-state index contributed by atoms with van der Waals surface area (Å²) in [5.41, 5.74) is -3.95. The van der Waals surface area contributed by atoms with Crippen LogP contribution in [0.1, 0.15) is 131 Å². The van der Waals surface area contributed by atoms with Gasteiger partial charge in [-0.1, -0.05) is 47.9 Å². The summed E-state index contributed by atoms with van der Waals surface area (Å²) < 4.78 is 163. The van der Waals surface area contributed by atoms with E-state index in [1.807, 2.05) is 27.7 Å². The Kier molecular flexibility index (Phi) is 25.0. The van der Waals surface area contributed by atoms with Crippen LogP contribution in [0.2, 0.25) is 0 Å². The van der Waals surface area contributed by atoms with E-state index in [-0.39, 0.29) is 36.1 Å². The zero-order chi connectivity index (χ0) is 53.2. The summed E-state index contributed by atoms with van der Waals surface area (Å²) in [7, 11) is 4.60. The van der Waals surface area contributed by atoms with Crippen LogP contribution in [-0.4, -0.2) is 136 Å². The Bertz CT molecular complexity index is 1730. The van der Waals surface area contributed by atoms with Crippen molar-refractivity contribution in [3.8, 4) is 5.75 Å². The van der Waals surface area contributed by atoms with Gasteiger partial charge in [0.05, 0.1) is 32.5 Å². The van der Waals surface area contributed by atoms with Gasteiger partial charge in [-0.3, -0.25) is 0 Å². The van der Waals surface area contributed by atoms with Crippen molar-refractivity contribution in [1.29, 1.82) is 0 Å². The third-order valence-corrected chi connectivity index (χ3v) is 18.6.